The van der Waals surface area contributed by atoms with E-state index in [-0.39, 0.29) is 68.1 Å². The van der Waals surface area contributed by atoms with Crippen molar-refractivity contribution in [1.82, 2.24) is 48.7 Å². The summed E-state index contributed by atoms with van der Waals surface area (Å²) in [6, 6.07) is 8.93. The predicted octanol–water partition coefficient (Wildman–Crippen LogP) is 5.18. The number of pyridine rings is 1. The highest BCUT2D eigenvalue weighted by molar-refractivity contribution is 8.00. The van der Waals surface area contributed by atoms with Crippen LogP contribution in [-0.4, -0.2) is 129 Å². The molecule has 0 saturated carbocycles. The number of halogens is 5. The van der Waals surface area contributed by atoms with E-state index in [0.717, 1.165) is 60.3 Å². The lowest BCUT2D eigenvalue weighted by atomic mass is 10.1. The number of sulfone groups is 1. The van der Waals surface area contributed by atoms with E-state index in [1.165, 1.54) is 78.7 Å². The lowest BCUT2D eigenvalue weighted by molar-refractivity contribution is -0.137. The summed E-state index contributed by atoms with van der Waals surface area (Å²) in [6.45, 7) is 4.18. The van der Waals surface area contributed by atoms with Gasteiger partial charge in [-0.3, -0.25) is 24.9 Å². The van der Waals surface area contributed by atoms with Crippen molar-refractivity contribution in [2.24, 2.45) is 4.99 Å². The van der Waals surface area contributed by atoms with Crippen molar-refractivity contribution in [1.29, 1.82) is 0 Å². The van der Waals surface area contributed by atoms with Crippen molar-refractivity contribution >= 4 is 100 Å². The largest absolute Gasteiger partial charge is 0.481 e. The van der Waals surface area contributed by atoms with E-state index in [0.29, 0.717) is 22.8 Å². The summed E-state index contributed by atoms with van der Waals surface area (Å²) in [5.41, 5.74) is 0.0114. The fourth-order valence-electron chi connectivity index (χ4n) is 6.52. The molecular weight excluding hydrogens is 1210 g/mol. The monoisotopic (exact) mass is 1250 g/mol. The maximum absolute atomic E-state index is 14.3. The zero-order chi connectivity index (χ0) is 59.9. The van der Waals surface area contributed by atoms with E-state index in [9.17, 15) is 62.0 Å². The third-order valence-electron chi connectivity index (χ3n) is 10.2. The molecule has 0 spiro atoms. The number of anilines is 2. The molecule has 7 rings (SSSR count). The molecule has 37 heteroatoms. The zero-order valence-electron chi connectivity index (χ0n) is 43.1. The number of benzene rings is 2. The minimum atomic E-state index is -4.61. The number of alkyl halides is 3. The zero-order valence-corrected chi connectivity index (χ0v) is 47.9. The van der Waals surface area contributed by atoms with Gasteiger partial charge >= 0.3 is 35.1 Å². The highest BCUT2D eigenvalue weighted by Gasteiger charge is 2.30. The number of nitrogens with one attached hydrogen (secondary N) is 4. The summed E-state index contributed by atoms with van der Waals surface area (Å²) in [7, 11) is -7.69. The van der Waals surface area contributed by atoms with Gasteiger partial charge in [0.05, 0.1) is 55.9 Å². The Balaban J connectivity index is 0.000000223. The Kier molecular flexibility index (Phi) is 22.4. The van der Waals surface area contributed by atoms with Gasteiger partial charge in [-0.15, -0.1) is 11.8 Å². The molecule has 0 atom stereocenters. The molecule has 4 N–H and O–H groups in total. The van der Waals surface area contributed by atoms with Gasteiger partial charge in [0, 0.05) is 30.6 Å². The lowest BCUT2D eigenvalue weighted by Gasteiger charge is -2.15. The number of amides is 4. The van der Waals surface area contributed by atoms with Crippen molar-refractivity contribution in [3.63, 3.8) is 0 Å². The number of rotatable bonds is 17. The Labute approximate surface area is 472 Å². The van der Waals surface area contributed by atoms with E-state index >= 15 is 0 Å². The van der Waals surface area contributed by atoms with Gasteiger partial charge in [0.15, 0.2) is 14.9 Å². The third-order valence-corrected chi connectivity index (χ3v) is 17.2. The smallest absolute Gasteiger partial charge is 0.389 e. The number of thioether (sulfide) groups is 1. The van der Waals surface area contributed by atoms with E-state index < -0.39 is 87.6 Å². The summed E-state index contributed by atoms with van der Waals surface area (Å²) in [6.07, 6.45) is -3.21. The fourth-order valence-corrected chi connectivity index (χ4v) is 12.2. The number of aromatic nitrogens is 8. The van der Waals surface area contributed by atoms with Crippen LogP contribution >= 0.6 is 34.7 Å². The van der Waals surface area contributed by atoms with Gasteiger partial charge in [-0.25, -0.2) is 54.9 Å². The number of urea groups is 2. The second-order valence-corrected chi connectivity index (χ2v) is 23.7. The molecule has 6 aromatic rings. The van der Waals surface area contributed by atoms with E-state index in [1.54, 1.807) is 18.8 Å². The van der Waals surface area contributed by atoms with Crippen LogP contribution < -0.4 is 44.0 Å². The number of sulfonamides is 2. The van der Waals surface area contributed by atoms with Crippen LogP contribution in [0.5, 0.6) is 17.8 Å². The number of hydrogen-bond acceptors (Lipinski definition) is 23. The summed E-state index contributed by atoms with van der Waals surface area (Å²) in [4.78, 5) is 74.2. The summed E-state index contributed by atoms with van der Waals surface area (Å²) < 4.78 is 152. The SMILES string of the molecule is CCS(=O)(=O)c1cccnc1S(=O)(=O)NC(=O)Nc1nc(OC)cc(OC)n1.COC(=O)CSc1cc(N=c2sc(=O)n3n2CCCC3)c(F)cc1Cl.COc1nc(C)nc(NC(=O)NS(=O)(=O)c2ccccc2CCC(F)(F)F)n1. The molecule has 1 aliphatic heterocycles. The lowest BCUT2D eigenvalue weighted by Crippen LogP contribution is -2.36. The summed E-state index contributed by atoms with van der Waals surface area (Å²) in [5, 5.41) is 3.61. The first-order valence-corrected chi connectivity index (χ1v) is 29.7. The van der Waals surface area contributed by atoms with Gasteiger partial charge in [-0.05, 0) is 73.4 Å². The number of esters is 1. The minimum Gasteiger partial charge on any atom is -0.481 e. The number of methoxy groups -OCH3 is 4. The van der Waals surface area contributed by atoms with Crippen LogP contribution in [0.2, 0.25) is 5.02 Å². The highest BCUT2D eigenvalue weighted by Crippen LogP contribution is 2.33. The van der Waals surface area contributed by atoms with Gasteiger partial charge in [0.25, 0.3) is 20.0 Å². The number of nitrogens with zero attached hydrogens (tertiary/aromatic N) is 9. The number of fused-ring (bicyclic) bond motifs is 1. The molecule has 2 aromatic carbocycles. The van der Waals surface area contributed by atoms with Gasteiger partial charge in [-0.2, -0.15) is 46.5 Å². The number of carbonyl (C=O) groups excluding carboxylic acids is 3. The molecule has 438 valence electrons. The molecular formula is C44H48ClF4N13O14S5. The van der Waals surface area contributed by atoms with Crippen LogP contribution in [0, 0.1) is 12.7 Å². The maximum atomic E-state index is 14.3. The van der Waals surface area contributed by atoms with Crippen LogP contribution in [0.15, 0.2) is 90.3 Å². The Morgan fingerprint density at radius 1 is 0.802 bits per heavy atom. The molecule has 0 saturated heterocycles. The summed E-state index contributed by atoms with van der Waals surface area (Å²) >= 11 is 8.17. The van der Waals surface area contributed by atoms with Crippen LogP contribution in [0.3, 0.4) is 0 Å². The molecule has 0 radical (unpaired) electrons. The van der Waals surface area contributed by atoms with Crippen LogP contribution in [0.1, 0.15) is 37.6 Å². The summed E-state index contributed by atoms with van der Waals surface area (Å²) in [5.74, 6) is -1.49. The Morgan fingerprint density at radius 2 is 1.41 bits per heavy atom. The molecule has 4 amide bonds. The number of aryl methyl sites for hydroxylation is 2. The van der Waals surface area contributed by atoms with Gasteiger partial charge in [0.2, 0.25) is 28.5 Å². The molecule has 5 heterocycles. The first-order chi connectivity index (χ1) is 38.1. The second kappa shape index (κ2) is 28.2. The van der Waals surface area contributed by atoms with Gasteiger partial charge < -0.3 is 18.9 Å². The second-order valence-electron chi connectivity index (χ2n) is 15.8. The van der Waals surface area contributed by atoms with E-state index in [2.05, 4.69) is 50.3 Å². The molecule has 0 aliphatic carbocycles. The van der Waals surface area contributed by atoms with E-state index in [1.807, 2.05) is 0 Å². The maximum Gasteiger partial charge on any atom is 0.389 e. The van der Waals surface area contributed by atoms with Gasteiger partial charge in [0.1, 0.15) is 22.2 Å². The molecule has 4 aromatic heterocycles. The first-order valence-electron chi connectivity index (χ1n) is 22.9. The molecule has 1 aliphatic rings. The minimum absolute atomic E-state index is 0.0605. The highest BCUT2D eigenvalue weighted by atomic mass is 35.5. The van der Waals surface area contributed by atoms with Crippen LogP contribution in [-0.2, 0) is 58.9 Å². The molecule has 27 nitrogen and oxygen atoms in total. The van der Waals surface area contributed by atoms with E-state index in [4.69, 9.17) is 25.8 Å². The van der Waals surface area contributed by atoms with Crippen molar-refractivity contribution in [3.8, 4) is 17.8 Å². The third kappa shape index (κ3) is 18.5. The number of ether oxygens (including phenoxy) is 4. The number of carbonyl (C=O) groups is 3. The fraction of sp³-hybridized carbons (Fsp3) is 0.341. The molecule has 0 bridgehead atoms. The normalized spacial score (nSPS) is 12.5. The average molecular weight is 1250 g/mol. The topological polar surface area (TPSA) is 355 Å². The number of hydrogen-bond donors (Lipinski definition) is 4. The molecule has 0 unspecified atom stereocenters. The molecule has 0 fully saturated rings. The predicted molar refractivity (Wildman–Crippen MR) is 283 cm³/mol. The Morgan fingerprint density at radius 3 is 2.01 bits per heavy atom. The van der Waals surface area contributed by atoms with Crippen molar-refractivity contribution < 1.29 is 76.1 Å². The Hall–Kier alpha value is -7.54. The van der Waals surface area contributed by atoms with Crippen LogP contribution in [0.25, 0.3) is 0 Å². The molecule has 81 heavy (non-hydrogen) atoms. The quantitative estimate of drug-likeness (QED) is 0.0519. The first kappa shape index (κ1) is 64.3. The van der Waals surface area contributed by atoms with Crippen molar-refractivity contribution in [3.05, 3.63) is 97.5 Å². The van der Waals surface area contributed by atoms with Crippen LogP contribution in [0.4, 0.5) is 44.7 Å². The average Bonchev–Trinajstić information content (AvgIpc) is 3.81. The Bertz CT molecular complexity index is 3740. The standard InChI is InChI=1S/C15H15ClFN3O3S2.C15H16F3N5O4S.C14H17N5O7S2/c1-23-13(21)8-24-12-7-11(10(17)6-9(12)16)18-14-19-4-2-3-5-20(19)15(22)25-14;1-9-19-12(22-14(20-9)27-2)21-13(24)23-28(25,26)11-6-4-3-5-10(11)7-8-15(16,17)18;1-4-27(21,22)9-6-5-7-15-12(9)28(23,24)19-14(20)18-13-16-10(25-2)8-11(17-13)26-3/h6-7H,2-5,8H2,1H3;3-6H,7-8H2,1-2H3,(H2,19,20,21,22,23,24);5-8H,4H2,1-3H3,(H2,16,17,18,19,20). The van der Waals surface area contributed by atoms with Crippen molar-refractivity contribution in [2.45, 2.75) is 78.5 Å². The van der Waals surface area contributed by atoms with Crippen molar-refractivity contribution in [2.75, 3.05) is 50.6 Å². The van der Waals surface area contributed by atoms with Gasteiger partial charge in [-0.1, -0.05) is 36.7 Å².